The Balaban J connectivity index is 1.59. The molecule has 130 valence electrons. The van der Waals surface area contributed by atoms with E-state index in [2.05, 4.69) is 15.4 Å². The fourth-order valence-electron chi connectivity index (χ4n) is 2.84. The van der Waals surface area contributed by atoms with Crippen LogP contribution in [0.4, 0.5) is 13.2 Å². The minimum absolute atomic E-state index is 0.215. The zero-order valence-corrected chi connectivity index (χ0v) is 13.2. The Hall–Kier alpha value is -1.96. The maximum absolute atomic E-state index is 12.8. The van der Waals surface area contributed by atoms with Crippen LogP contribution < -0.4 is 0 Å². The highest BCUT2D eigenvalue weighted by atomic mass is 19.4. The molecule has 3 rings (SSSR count). The van der Waals surface area contributed by atoms with Crippen molar-refractivity contribution in [1.29, 1.82) is 0 Å². The Bertz CT molecular complexity index is 665. The van der Waals surface area contributed by atoms with E-state index in [4.69, 9.17) is 4.74 Å². The lowest BCUT2D eigenvalue weighted by molar-refractivity contribution is -0.137. The summed E-state index contributed by atoms with van der Waals surface area (Å²) in [6, 6.07) is 4.98. The number of nitrogens with zero attached hydrogens (tertiary/aromatic N) is 4. The highest BCUT2D eigenvalue weighted by Gasteiger charge is 2.30. The highest BCUT2D eigenvalue weighted by Crippen LogP contribution is 2.31. The first-order valence-corrected chi connectivity index (χ1v) is 8.05. The van der Waals surface area contributed by atoms with E-state index in [1.165, 1.54) is 10.9 Å². The molecule has 1 fully saturated rings. The normalized spacial score (nSPS) is 16.5. The van der Waals surface area contributed by atoms with Crippen molar-refractivity contribution in [2.24, 2.45) is 5.92 Å². The molecular formula is C16H19F3N4O. The van der Waals surface area contributed by atoms with E-state index < -0.39 is 11.7 Å². The summed E-state index contributed by atoms with van der Waals surface area (Å²) in [5.41, 5.74) is -0.392. The fraction of sp³-hybridized carbons (Fsp3) is 0.562. The smallest absolute Gasteiger partial charge is 0.381 e. The second-order valence-corrected chi connectivity index (χ2v) is 5.99. The monoisotopic (exact) mass is 340 g/mol. The highest BCUT2D eigenvalue weighted by molar-refractivity contribution is 5.55. The van der Waals surface area contributed by atoms with Gasteiger partial charge in [-0.3, -0.25) is 0 Å². The van der Waals surface area contributed by atoms with E-state index in [0.29, 0.717) is 18.0 Å². The molecule has 5 nitrogen and oxygen atoms in total. The number of rotatable bonds is 5. The number of aryl methyl sites for hydroxylation is 1. The molecule has 0 saturated carbocycles. The molecule has 1 aliphatic rings. The average Bonchev–Trinajstić information content (AvgIpc) is 3.04. The summed E-state index contributed by atoms with van der Waals surface area (Å²) in [6.07, 6.45) is -0.219. The first-order chi connectivity index (χ1) is 11.5. The number of benzene rings is 1. The van der Waals surface area contributed by atoms with Gasteiger partial charge in [-0.25, -0.2) is 0 Å². The summed E-state index contributed by atoms with van der Waals surface area (Å²) in [5, 5.41) is 12.0. The molecule has 1 aromatic carbocycles. The van der Waals surface area contributed by atoms with E-state index in [0.717, 1.165) is 51.0 Å². The third-order valence-electron chi connectivity index (χ3n) is 4.21. The van der Waals surface area contributed by atoms with Crippen LogP contribution in [0.3, 0.4) is 0 Å². The van der Waals surface area contributed by atoms with Crippen molar-refractivity contribution in [1.82, 2.24) is 20.2 Å². The molecule has 0 unspecified atom stereocenters. The van der Waals surface area contributed by atoms with Crippen LogP contribution in [0.1, 0.15) is 31.2 Å². The quantitative estimate of drug-likeness (QED) is 0.835. The number of halogens is 3. The Labute approximate surface area is 137 Å². The van der Waals surface area contributed by atoms with Gasteiger partial charge in [-0.15, -0.1) is 10.2 Å². The molecule has 1 saturated heterocycles. The first-order valence-electron chi connectivity index (χ1n) is 8.05. The Morgan fingerprint density at radius 2 is 2.00 bits per heavy atom. The standard InChI is InChI=1S/C16H19F3N4O/c17-16(18,19)14-5-1-4-13(11-14)15-20-22-23(21-15)8-2-3-12-6-9-24-10-7-12/h1,4-5,11-12H,2-3,6-10H2. The van der Waals surface area contributed by atoms with E-state index in [-0.39, 0.29) is 5.82 Å². The van der Waals surface area contributed by atoms with Crippen LogP contribution in [0.5, 0.6) is 0 Å². The zero-order chi connectivity index (χ0) is 17.0. The minimum atomic E-state index is -4.38. The number of alkyl halides is 3. The molecule has 0 atom stereocenters. The van der Waals surface area contributed by atoms with Gasteiger partial charge in [-0.2, -0.15) is 18.0 Å². The molecule has 0 N–H and O–H groups in total. The Morgan fingerprint density at radius 1 is 1.21 bits per heavy atom. The number of hydrogen-bond acceptors (Lipinski definition) is 4. The van der Waals surface area contributed by atoms with E-state index in [9.17, 15) is 13.2 Å². The SMILES string of the molecule is FC(F)(F)c1cccc(-c2nnn(CCCC3CCOCC3)n2)c1. The second kappa shape index (κ2) is 7.29. The van der Waals surface area contributed by atoms with Crippen molar-refractivity contribution in [3.63, 3.8) is 0 Å². The predicted molar refractivity (Wildman–Crippen MR) is 81.0 cm³/mol. The van der Waals surface area contributed by atoms with Crippen molar-refractivity contribution >= 4 is 0 Å². The molecule has 24 heavy (non-hydrogen) atoms. The van der Waals surface area contributed by atoms with E-state index in [1.54, 1.807) is 6.07 Å². The van der Waals surface area contributed by atoms with Gasteiger partial charge in [0.1, 0.15) is 0 Å². The Morgan fingerprint density at radius 3 is 2.75 bits per heavy atom. The molecule has 0 bridgehead atoms. The first kappa shape index (κ1) is 16.9. The van der Waals surface area contributed by atoms with E-state index in [1.807, 2.05) is 0 Å². The van der Waals surface area contributed by atoms with Gasteiger partial charge in [0.15, 0.2) is 0 Å². The second-order valence-electron chi connectivity index (χ2n) is 5.99. The van der Waals surface area contributed by atoms with Gasteiger partial charge >= 0.3 is 6.18 Å². The maximum Gasteiger partial charge on any atom is 0.416 e. The lowest BCUT2D eigenvalue weighted by atomic mass is 9.95. The molecule has 0 radical (unpaired) electrons. The van der Waals surface area contributed by atoms with Crippen LogP contribution in [-0.2, 0) is 17.5 Å². The van der Waals surface area contributed by atoms with Crippen molar-refractivity contribution in [2.45, 2.75) is 38.4 Å². The van der Waals surface area contributed by atoms with Crippen molar-refractivity contribution in [3.05, 3.63) is 29.8 Å². The molecule has 1 aliphatic heterocycles. The third kappa shape index (κ3) is 4.31. The minimum Gasteiger partial charge on any atom is -0.381 e. The summed E-state index contributed by atoms with van der Waals surface area (Å²) in [6.45, 7) is 2.27. The van der Waals surface area contributed by atoms with Gasteiger partial charge in [-0.1, -0.05) is 12.1 Å². The summed E-state index contributed by atoms with van der Waals surface area (Å²) in [4.78, 5) is 1.45. The summed E-state index contributed by atoms with van der Waals surface area (Å²) in [7, 11) is 0. The third-order valence-corrected chi connectivity index (χ3v) is 4.21. The van der Waals surface area contributed by atoms with Crippen molar-refractivity contribution in [2.75, 3.05) is 13.2 Å². The Kier molecular flexibility index (Phi) is 5.13. The van der Waals surface area contributed by atoms with Gasteiger partial charge in [0.05, 0.1) is 12.1 Å². The topological polar surface area (TPSA) is 52.8 Å². The number of tetrazole rings is 1. The molecule has 0 spiro atoms. The van der Waals surface area contributed by atoms with Crippen LogP contribution in [-0.4, -0.2) is 33.4 Å². The van der Waals surface area contributed by atoms with Gasteiger partial charge in [0.2, 0.25) is 5.82 Å². The summed E-state index contributed by atoms with van der Waals surface area (Å²) >= 11 is 0. The zero-order valence-electron chi connectivity index (χ0n) is 13.2. The molecule has 2 heterocycles. The molecule has 0 amide bonds. The summed E-state index contributed by atoms with van der Waals surface area (Å²) in [5.74, 6) is 0.886. The van der Waals surface area contributed by atoms with E-state index >= 15 is 0 Å². The lowest BCUT2D eigenvalue weighted by Gasteiger charge is -2.21. The number of ether oxygens (including phenoxy) is 1. The molecule has 2 aromatic rings. The van der Waals surface area contributed by atoms with Gasteiger partial charge in [0.25, 0.3) is 0 Å². The van der Waals surface area contributed by atoms with Crippen LogP contribution >= 0.6 is 0 Å². The molecular weight excluding hydrogens is 321 g/mol. The van der Waals surface area contributed by atoms with Crippen LogP contribution in [0.25, 0.3) is 11.4 Å². The molecule has 1 aromatic heterocycles. The van der Waals surface area contributed by atoms with Gasteiger partial charge < -0.3 is 4.74 Å². The maximum atomic E-state index is 12.8. The fourth-order valence-corrected chi connectivity index (χ4v) is 2.84. The number of hydrogen-bond donors (Lipinski definition) is 0. The average molecular weight is 340 g/mol. The molecule has 0 aliphatic carbocycles. The molecule has 8 heteroatoms. The van der Waals surface area contributed by atoms with Gasteiger partial charge in [0, 0.05) is 18.8 Å². The largest absolute Gasteiger partial charge is 0.416 e. The van der Waals surface area contributed by atoms with Crippen molar-refractivity contribution in [3.8, 4) is 11.4 Å². The van der Waals surface area contributed by atoms with Crippen LogP contribution in [0, 0.1) is 5.92 Å². The van der Waals surface area contributed by atoms with Gasteiger partial charge in [-0.05, 0) is 48.9 Å². The van der Waals surface area contributed by atoms with Crippen molar-refractivity contribution < 1.29 is 17.9 Å². The van der Waals surface area contributed by atoms with Crippen LogP contribution in [0.2, 0.25) is 0 Å². The predicted octanol–water partition coefficient (Wildman–Crippen LogP) is 3.57. The number of aromatic nitrogens is 4. The summed E-state index contributed by atoms with van der Waals surface area (Å²) < 4.78 is 43.6. The lowest BCUT2D eigenvalue weighted by Crippen LogP contribution is -2.16. The van der Waals surface area contributed by atoms with Crippen LogP contribution in [0.15, 0.2) is 24.3 Å².